The molecule has 0 spiro atoms. The molecule has 0 aliphatic rings. The number of rotatable bonds is 5. The Labute approximate surface area is 162 Å². The first-order chi connectivity index (χ1) is 13.5. The summed E-state index contributed by atoms with van der Waals surface area (Å²) in [5.74, 6) is 0.792. The van der Waals surface area contributed by atoms with Crippen molar-refractivity contribution in [3.05, 3.63) is 68.9 Å². The highest BCUT2D eigenvalue weighted by molar-refractivity contribution is 5.70. The standard InChI is InChI=1S/C21H23N5O2/c1-12-20(15-5-8-17(28-4)9-6-15)25-26-19(27)11-16(22-21(12)26)7-10-18-13(2)23-24-14(18)3/h5-6,8-9,11,25H,7,10H2,1-4H3,(H,23,24). The molecule has 144 valence electrons. The summed E-state index contributed by atoms with van der Waals surface area (Å²) in [7, 11) is 1.64. The highest BCUT2D eigenvalue weighted by atomic mass is 16.5. The van der Waals surface area contributed by atoms with Gasteiger partial charge in [-0.1, -0.05) is 0 Å². The van der Waals surface area contributed by atoms with Gasteiger partial charge in [-0.3, -0.25) is 15.0 Å². The van der Waals surface area contributed by atoms with Crippen LogP contribution in [0.2, 0.25) is 0 Å². The van der Waals surface area contributed by atoms with E-state index in [0.717, 1.165) is 46.1 Å². The molecule has 7 nitrogen and oxygen atoms in total. The lowest BCUT2D eigenvalue weighted by Crippen LogP contribution is -2.16. The molecule has 0 saturated carbocycles. The zero-order valence-corrected chi connectivity index (χ0v) is 16.5. The number of ether oxygens (including phenoxy) is 1. The second kappa shape index (κ2) is 6.99. The predicted molar refractivity (Wildman–Crippen MR) is 108 cm³/mol. The summed E-state index contributed by atoms with van der Waals surface area (Å²) in [6.45, 7) is 5.98. The van der Waals surface area contributed by atoms with Gasteiger partial charge >= 0.3 is 0 Å². The minimum absolute atomic E-state index is 0.108. The molecule has 3 heterocycles. The molecule has 0 aliphatic carbocycles. The van der Waals surface area contributed by atoms with Crippen molar-refractivity contribution in [2.24, 2.45) is 0 Å². The third-order valence-electron chi connectivity index (χ3n) is 5.20. The number of hydrogen-bond acceptors (Lipinski definition) is 4. The maximum atomic E-state index is 12.6. The van der Waals surface area contributed by atoms with Gasteiger partial charge in [-0.15, -0.1) is 0 Å². The molecular weight excluding hydrogens is 354 g/mol. The van der Waals surface area contributed by atoms with Gasteiger partial charge in [0.15, 0.2) is 5.65 Å². The largest absolute Gasteiger partial charge is 0.497 e. The van der Waals surface area contributed by atoms with Crippen molar-refractivity contribution in [2.75, 3.05) is 7.11 Å². The van der Waals surface area contributed by atoms with Gasteiger partial charge in [0.05, 0.1) is 18.5 Å². The predicted octanol–water partition coefficient (Wildman–Crippen LogP) is 3.13. The smallest absolute Gasteiger partial charge is 0.272 e. The fraction of sp³-hybridized carbons (Fsp3) is 0.286. The Morgan fingerprint density at radius 3 is 2.50 bits per heavy atom. The normalized spacial score (nSPS) is 11.3. The molecule has 1 aromatic carbocycles. The first-order valence-electron chi connectivity index (χ1n) is 9.24. The van der Waals surface area contributed by atoms with Crippen LogP contribution in [0, 0.1) is 20.8 Å². The third kappa shape index (κ3) is 3.09. The summed E-state index contributed by atoms with van der Waals surface area (Å²) >= 11 is 0. The fourth-order valence-corrected chi connectivity index (χ4v) is 3.56. The van der Waals surface area contributed by atoms with Crippen molar-refractivity contribution in [2.45, 2.75) is 33.6 Å². The molecule has 0 aliphatic heterocycles. The lowest BCUT2D eigenvalue weighted by atomic mass is 10.1. The molecule has 0 fully saturated rings. The van der Waals surface area contributed by atoms with Gasteiger partial charge in [-0.05, 0) is 63.4 Å². The maximum Gasteiger partial charge on any atom is 0.272 e. The number of aromatic amines is 2. The molecule has 0 unspecified atom stereocenters. The first-order valence-corrected chi connectivity index (χ1v) is 9.24. The van der Waals surface area contributed by atoms with Crippen LogP contribution < -0.4 is 10.3 Å². The Morgan fingerprint density at radius 1 is 1.11 bits per heavy atom. The quantitative estimate of drug-likeness (QED) is 0.559. The molecule has 0 saturated heterocycles. The average molecular weight is 377 g/mol. The summed E-state index contributed by atoms with van der Waals surface area (Å²) in [6, 6.07) is 9.33. The molecule has 3 aromatic heterocycles. The van der Waals surface area contributed by atoms with E-state index in [2.05, 4.69) is 15.3 Å². The zero-order chi connectivity index (χ0) is 19.8. The van der Waals surface area contributed by atoms with E-state index in [1.807, 2.05) is 45.0 Å². The highest BCUT2D eigenvalue weighted by Gasteiger charge is 2.14. The van der Waals surface area contributed by atoms with Crippen molar-refractivity contribution in [3.8, 4) is 17.0 Å². The lowest BCUT2D eigenvalue weighted by molar-refractivity contribution is 0.415. The number of methoxy groups -OCH3 is 1. The Morgan fingerprint density at radius 2 is 1.86 bits per heavy atom. The van der Waals surface area contributed by atoms with E-state index in [9.17, 15) is 4.79 Å². The van der Waals surface area contributed by atoms with E-state index in [4.69, 9.17) is 9.72 Å². The molecule has 2 N–H and O–H groups in total. The van der Waals surface area contributed by atoms with Gasteiger partial charge < -0.3 is 4.74 Å². The molecule has 4 aromatic rings. The minimum Gasteiger partial charge on any atom is -0.497 e. The van der Waals surface area contributed by atoms with Gasteiger partial charge in [0.25, 0.3) is 5.56 Å². The summed E-state index contributed by atoms with van der Waals surface area (Å²) < 4.78 is 6.73. The molecule has 7 heteroatoms. The molecular formula is C21H23N5O2. The summed E-state index contributed by atoms with van der Waals surface area (Å²) in [5.41, 5.74) is 7.39. The second-order valence-corrected chi connectivity index (χ2v) is 7.00. The van der Waals surface area contributed by atoms with Crippen LogP contribution in [0.5, 0.6) is 5.75 Å². The SMILES string of the molecule is COc1ccc(-c2[nH]n3c(=O)cc(CCc4c(C)n[nH]c4C)nc3c2C)cc1. The number of H-pyrrole nitrogens is 2. The molecule has 0 bridgehead atoms. The Bertz CT molecular complexity index is 1180. The number of nitrogens with zero attached hydrogens (tertiary/aromatic N) is 3. The zero-order valence-electron chi connectivity index (χ0n) is 16.5. The highest BCUT2D eigenvalue weighted by Crippen LogP contribution is 2.26. The van der Waals surface area contributed by atoms with E-state index >= 15 is 0 Å². The number of nitrogens with one attached hydrogen (secondary N) is 2. The fourth-order valence-electron chi connectivity index (χ4n) is 3.56. The summed E-state index contributed by atoms with van der Waals surface area (Å²) in [5, 5.41) is 10.4. The van der Waals surface area contributed by atoms with Crippen molar-refractivity contribution in [3.63, 3.8) is 0 Å². The first kappa shape index (κ1) is 18.0. The summed E-state index contributed by atoms with van der Waals surface area (Å²) in [4.78, 5) is 17.4. The minimum atomic E-state index is -0.108. The summed E-state index contributed by atoms with van der Waals surface area (Å²) in [6.07, 6.45) is 1.49. The molecule has 4 rings (SSSR count). The Hall–Kier alpha value is -3.35. The van der Waals surface area contributed by atoms with Gasteiger partial charge in [0.1, 0.15) is 5.75 Å². The lowest BCUT2D eigenvalue weighted by Gasteiger charge is -2.03. The van der Waals surface area contributed by atoms with Crippen LogP contribution in [0.25, 0.3) is 16.9 Å². The van der Waals surface area contributed by atoms with Crippen molar-refractivity contribution in [1.82, 2.24) is 24.8 Å². The van der Waals surface area contributed by atoms with Crippen molar-refractivity contribution >= 4 is 5.65 Å². The van der Waals surface area contributed by atoms with E-state index in [1.165, 1.54) is 10.1 Å². The number of hydrogen-bond donors (Lipinski definition) is 2. The van der Waals surface area contributed by atoms with E-state index < -0.39 is 0 Å². The van der Waals surface area contributed by atoms with Crippen LogP contribution in [-0.2, 0) is 12.8 Å². The van der Waals surface area contributed by atoms with E-state index in [-0.39, 0.29) is 5.56 Å². The molecule has 0 amide bonds. The van der Waals surface area contributed by atoms with Crippen LogP contribution in [0.15, 0.2) is 35.1 Å². The Kier molecular flexibility index (Phi) is 4.50. The van der Waals surface area contributed by atoms with Crippen molar-refractivity contribution in [1.29, 1.82) is 0 Å². The van der Waals surface area contributed by atoms with Crippen LogP contribution in [0.3, 0.4) is 0 Å². The Balaban J connectivity index is 1.70. The van der Waals surface area contributed by atoms with Gasteiger partial charge in [0.2, 0.25) is 0 Å². The van der Waals surface area contributed by atoms with Gasteiger partial charge in [-0.2, -0.15) is 5.10 Å². The molecule has 0 atom stereocenters. The van der Waals surface area contributed by atoms with Crippen LogP contribution >= 0.6 is 0 Å². The van der Waals surface area contributed by atoms with Crippen molar-refractivity contribution < 1.29 is 4.74 Å². The number of aromatic nitrogens is 5. The van der Waals surface area contributed by atoms with Gasteiger partial charge in [0, 0.05) is 28.6 Å². The monoisotopic (exact) mass is 377 g/mol. The van der Waals surface area contributed by atoms with E-state index in [0.29, 0.717) is 12.1 Å². The third-order valence-corrected chi connectivity index (χ3v) is 5.20. The van der Waals surface area contributed by atoms with Crippen LogP contribution in [-0.4, -0.2) is 31.9 Å². The number of benzene rings is 1. The van der Waals surface area contributed by atoms with Crippen LogP contribution in [0.1, 0.15) is 28.2 Å². The van der Waals surface area contributed by atoms with E-state index in [1.54, 1.807) is 13.2 Å². The second-order valence-electron chi connectivity index (χ2n) is 7.00. The molecule has 28 heavy (non-hydrogen) atoms. The average Bonchev–Trinajstić information content (AvgIpc) is 3.20. The topological polar surface area (TPSA) is 88.1 Å². The van der Waals surface area contributed by atoms with Crippen LogP contribution in [0.4, 0.5) is 0 Å². The molecule has 0 radical (unpaired) electrons. The van der Waals surface area contributed by atoms with Gasteiger partial charge in [-0.25, -0.2) is 9.50 Å². The number of fused-ring (bicyclic) bond motifs is 1. The number of aryl methyl sites for hydroxylation is 4. The maximum absolute atomic E-state index is 12.6.